The number of ether oxygens (including phenoxy) is 4. The summed E-state index contributed by atoms with van der Waals surface area (Å²) >= 11 is 0. The van der Waals surface area contributed by atoms with Gasteiger partial charge in [0.1, 0.15) is 30.2 Å². The molecule has 328 valence electrons. The number of aliphatic hydroxyl groups is 3. The van der Waals surface area contributed by atoms with Gasteiger partial charge < -0.3 is 44.0 Å². The monoisotopic (exact) mass is 832 g/mol. The van der Waals surface area contributed by atoms with Crippen LogP contribution in [0, 0.1) is 57.2 Å². The number of nitrogens with one attached hydrogen (secondary N) is 2. The summed E-state index contributed by atoms with van der Waals surface area (Å²) in [5, 5.41) is 41.8. The van der Waals surface area contributed by atoms with E-state index in [1.54, 1.807) is 6.26 Å². The number of rotatable bonds is 8. The largest absolute Gasteiger partial charge is 0.469 e. The SMILES string of the molecule is CC1(C)O[C@H]2C3(CCCC3)C(=O)OC[C@@]23[C@@H]1C(=O)[C@@H](O)[C@]1(C2CCCC2)[C@@H]3CC[C@@]2(C)[C@H](c3ccoc3C[C@H]([C@H](O)CO)[C@H]3C=C[C@H]([C@@H]4CNCN4)CC3)OC(=O)[C@H]3O[C@@]312. The Morgan fingerprint density at radius 3 is 2.42 bits per heavy atom. The third-order valence-corrected chi connectivity index (χ3v) is 18.9. The number of carbonyl (C=O) groups excluding carboxylic acids is 3. The van der Waals surface area contributed by atoms with Crippen LogP contribution in [0.5, 0.6) is 0 Å². The Labute approximate surface area is 352 Å². The van der Waals surface area contributed by atoms with Crippen molar-refractivity contribution in [2.45, 2.75) is 152 Å². The summed E-state index contributed by atoms with van der Waals surface area (Å²) in [4.78, 5) is 44.1. The van der Waals surface area contributed by atoms with E-state index in [4.69, 9.17) is 23.4 Å². The highest BCUT2D eigenvalue weighted by molar-refractivity contribution is 5.93. The molecule has 10 aliphatic rings. The average molecular weight is 833 g/mol. The number of allylic oxidation sites excluding steroid dienone is 1. The third kappa shape index (κ3) is 4.92. The molecule has 13 nitrogen and oxygen atoms in total. The van der Waals surface area contributed by atoms with Crippen molar-refractivity contribution in [2.24, 2.45) is 57.2 Å². The minimum Gasteiger partial charge on any atom is -0.469 e. The Kier molecular flexibility index (Phi) is 9.15. The molecule has 60 heavy (non-hydrogen) atoms. The van der Waals surface area contributed by atoms with Crippen molar-refractivity contribution >= 4 is 17.7 Å². The van der Waals surface area contributed by atoms with Gasteiger partial charge in [0.2, 0.25) is 0 Å². The first kappa shape index (κ1) is 40.1. The molecular formula is C47H64N2O11. The highest BCUT2D eigenvalue weighted by Crippen LogP contribution is 2.83. The van der Waals surface area contributed by atoms with Gasteiger partial charge in [-0.05, 0) is 95.0 Å². The first-order valence-electron chi connectivity index (χ1n) is 23.2. The molecule has 13 heteroatoms. The number of hydrogen-bond donors (Lipinski definition) is 5. The van der Waals surface area contributed by atoms with Gasteiger partial charge >= 0.3 is 11.9 Å². The molecule has 11 rings (SSSR count). The molecule has 15 atom stereocenters. The number of aliphatic hydroxyl groups excluding tert-OH is 3. The molecule has 6 heterocycles. The van der Waals surface area contributed by atoms with Gasteiger partial charge in [0, 0.05) is 53.4 Å². The molecule has 0 bridgehead atoms. The smallest absolute Gasteiger partial charge is 0.339 e. The maximum absolute atomic E-state index is 15.5. The van der Waals surface area contributed by atoms with E-state index in [0.29, 0.717) is 55.4 Å². The molecular weight excluding hydrogens is 769 g/mol. The van der Waals surface area contributed by atoms with Crippen LogP contribution in [0.2, 0.25) is 0 Å². The molecule has 9 fully saturated rings. The summed E-state index contributed by atoms with van der Waals surface area (Å²) in [5.41, 5.74) is -5.35. The van der Waals surface area contributed by atoms with Crippen LogP contribution in [0.15, 0.2) is 28.9 Å². The van der Waals surface area contributed by atoms with Crippen molar-refractivity contribution in [2.75, 3.05) is 26.4 Å². The van der Waals surface area contributed by atoms with Crippen LogP contribution in [-0.4, -0.2) is 101 Å². The van der Waals surface area contributed by atoms with Gasteiger partial charge in [0.15, 0.2) is 11.9 Å². The molecule has 5 N–H and O–H groups in total. The van der Waals surface area contributed by atoms with Gasteiger partial charge in [0.25, 0.3) is 0 Å². The lowest BCUT2D eigenvalue weighted by molar-refractivity contribution is -0.282. The fourth-order valence-electron chi connectivity index (χ4n) is 16.6. The van der Waals surface area contributed by atoms with Gasteiger partial charge in [-0.15, -0.1) is 0 Å². The van der Waals surface area contributed by atoms with Crippen LogP contribution in [0.4, 0.5) is 0 Å². The summed E-state index contributed by atoms with van der Waals surface area (Å²) in [7, 11) is 0. The minimum absolute atomic E-state index is 0.00190. The van der Waals surface area contributed by atoms with E-state index < -0.39 is 81.9 Å². The van der Waals surface area contributed by atoms with Gasteiger partial charge in [-0.2, -0.15) is 0 Å². The summed E-state index contributed by atoms with van der Waals surface area (Å²) < 4.78 is 33.3. The molecule has 0 unspecified atom stereocenters. The fraction of sp³-hybridized carbons (Fsp3) is 0.809. The molecule has 5 aliphatic heterocycles. The summed E-state index contributed by atoms with van der Waals surface area (Å²) in [6.07, 6.45) is 11.0. The number of furan rings is 1. The van der Waals surface area contributed by atoms with Crippen molar-refractivity contribution < 1.29 is 53.1 Å². The van der Waals surface area contributed by atoms with Crippen molar-refractivity contribution in [1.82, 2.24) is 10.6 Å². The Balaban J connectivity index is 1.01. The van der Waals surface area contributed by atoms with Gasteiger partial charge in [-0.25, -0.2) is 4.79 Å². The van der Waals surface area contributed by atoms with E-state index in [2.05, 4.69) is 29.7 Å². The predicted molar refractivity (Wildman–Crippen MR) is 214 cm³/mol. The quantitative estimate of drug-likeness (QED) is 0.144. The second-order valence-electron chi connectivity index (χ2n) is 21.5. The Hall–Kier alpha value is -2.65. The number of cyclic esters (lactones) is 2. The van der Waals surface area contributed by atoms with E-state index in [1.807, 2.05) is 19.9 Å². The van der Waals surface area contributed by atoms with Gasteiger partial charge in [-0.3, -0.25) is 14.9 Å². The van der Waals surface area contributed by atoms with E-state index in [0.717, 1.165) is 64.6 Å². The highest BCUT2D eigenvalue weighted by atomic mass is 16.7. The van der Waals surface area contributed by atoms with Crippen LogP contribution >= 0.6 is 0 Å². The lowest BCUT2D eigenvalue weighted by atomic mass is 9.32. The first-order chi connectivity index (χ1) is 28.8. The lowest BCUT2D eigenvalue weighted by Gasteiger charge is -2.70. The Bertz CT molecular complexity index is 1950. The van der Waals surface area contributed by atoms with Gasteiger partial charge in [-0.1, -0.05) is 44.8 Å². The summed E-state index contributed by atoms with van der Waals surface area (Å²) in [6, 6.07) is 2.23. The van der Waals surface area contributed by atoms with Crippen molar-refractivity contribution in [3.63, 3.8) is 0 Å². The second-order valence-corrected chi connectivity index (χ2v) is 21.5. The molecule has 1 aromatic heterocycles. The summed E-state index contributed by atoms with van der Waals surface area (Å²) in [5.74, 6) is -1.58. The zero-order chi connectivity index (χ0) is 41.6. The molecule has 0 amide bonds. The highest BCUT2D eigenvalue weighted by Gasteiger charge is 2.93. The zero-order valence-electron chi connectivity index (χ0n) is 35.4. The average Bonchev–Trinajstić information content (AvgIpc) is 3.94. The molecule has 1 aromatic rings. The van der Waals surface area contributed by atoms with E-state index in [-0.39, 0.29) is 42.0 Å². The molecule has 0 aromatic carbocycles. The maximum Gasteiger partial charge on any atom is 0.339 e. The van der Waals surface area contributed by atoms with Crippen molar-refractivity contribution in [3.05, 3.63) is 35.8 Å². The van der Waals surface area contributed by atoms with E-state index >= 15 is 4.79 Å². The van der Waals surface area contributed by atoms with Crippen LogP contribution in [-0.2, 0) is 39.8 Å². The fourth-order valence-corrected chi connectivity index (χ4v) is 16.6. The maximum atomic E-state index is 15.5. The molecule has 3 spiro atoms. The summed E-state index contributed by atoms with van der Waals surface area (Å²) in [6.45, 7) is 7.37. The topological polar surface area (TPSA) is 189 Å². The second kappa shape index (κ2) is 13.7. The Morgan fingerprint density at radius 2 is 1.72 bits per heavy atom. The number of ketones is 1. The number of hydrogen-bond acceptors (Lipinski definition) is 13. The number of epoxide rings is 1. The van der Waals surface area contributed by atoms with Crippen LogP contribution in [0.3, 0.4) is 0 Å². The lowest BCUT2D eigenvalue weighted by Crippen LogP contribution is -2.79. The standard InChI is InChI=1S/C47H64N2O11/c1-42(2)35-34(52)36(53)46(27-8-4-5-9-27)33(45(35)23-57-41(55)44(40(45)60-42)16-6-7-17-44)14-18-43(3)37(58-39(54)38-47(43,46)59-38)28-15-19-56-32(28)20-29(31(51)22-50)25-10-12-26(13-11-25)30-21-48-24-49-30/h10,12,15,19,25-27,29-31,33,35-38,40,48-51,53H,4-9,11,13-14,16-18,20-24H2,1-3H3/t25-,26-,29-,30-,31+,33+,35+,36+,37-,38+,40-,43-,45+,46-,47+/m0/s1. The molecule has 4 saturated carbocycles. The number of Topliss-reactive ketones (excluding diaryl/α,β-unsaturated/α-hetero) is 1. The van der Waals surface area contributed by atoms with Crippen LogP contribution < -0.4 is 10.6 Å². The number of esters is 2. The van der Waals surface area contributed by atoms with Gasteiger partial charge in [0.05, 0.1) is 42.0 Å². The molecule has 0 radical (unpaired) electrons. The van der Waals surface area contributed by atoms with Crippen LogP contribution in [0.1, 0.15) is 115 Å². The first-order valence-corrected chi connectivity index (χ1v) is 23.2. The number of fused-ring (bicyclic) bond motifs is 2. The predicted octanol–water partition coefficient (Wildman–Crippen LogP) is 4.06. The molecule has 5 aliphatic carbocycles. The minimum atomic E-state index is -1.43. The van der Waals surface area contributed by atoms with Crippen molar-refractivity contribution in [1.29, 1.82) is 0 Å². The normalized spacial score (nSPS) is 47.2. The van der Waals surface area contributed by atoms with E-state index in [1.165, 1.54) is 0 Å². The Morgan fingerprint density at radius 1 is 0.933 bits per heavy atom. The van der Waals surface area contributed by atoms with E-state index in [9.17, 15) is 24.9 Å². The number of carbonyl (C=O) groups is 3. The van der Waals surface area contributed by atoms with Crippen LogP contribution in [0.25, 0.3) is 0 Å². The third-order valence-electron chi connectivity index (χ3n) is 18.9. The molecule has 5 saturated heterocycles. The zero-order valence-corrected chi connectivity index (χ0v) is 35.4. The van der Waals surface area contributed by atoms with Crippen molar-refractivity contribution in [3.8, 4) is 0 Å².